The van der Waals surface area contributed by atoms with Gasteiger partial charge in [-0.3, -0.25) is 4.79 Å². The van der Waals surface area contributed by atoms with Crippen LogP contribution in [-0.2, 0) is 0 Å². The van der Waals surface area contributed by atoms with Gasteiger partial charge in [0.15, 0.2) is 17.3 Å². The van der Waals surface area contributed by atoms with Crippen LogP contribution in [0.2, 0.25) is 0 Å². The summed E-state index contributed by atoms with van der Waals surface area (Å²) in [7, 11) is 0. The van der Waals surface area contributed by atoms with Gasteiger partial charge in [-0.05, 0) is 49.6 Å². The smallest absolute Gasteiger partial charge is 0.198 e. The number of hydrogen-bond donors (Lipinski definition) is 1. The Labute approximate surface area is 154 Å². The molecule has 2 aromatic rings. The van der Waals surface area contributed by atoms with Gasteiger partial charge in [0.05, 0.1) is 12.2 Å². The topological polar surface area (TPSA) is 47.6 Å². The first-order valence-electron chi connectivity index (χ1n) is 9.55. The van der Waals surface area contributed by atoms with Gasteiger partial charge in [-0.15, -0.1) is 0 Å². The van der Waals surface area contributed by atoms with Crippen LogP contribution in [0.3, 0.4) is 0 Å². The van der Waals surface area contributed by atoms with Crippen molar-refractivity contribution in [2.24, 2.45) is 5.92 Å². The SMILES string of the molecule is CCOc1ccc2c(c1OC(CC)C1CCNC1)C(=O)c1ccccc1-2. The molecule has 1 aliphatic carbocycles. The summed E-state index contributed by atoms with van der Waals surface area (Å²) in [5.41, 5.74) is 3.33. The number of carbonyl (C=O) groups excluding carboxylic acids is 1. The molecule has 1 fully saturated rings. The van der Waals surface area contributed by atoms with Crippen LogP contribution in [0, 0.1) is 5.92 Å². The maximum atomic E-state index is 13.1. The van der Waals surface area contributed by atoms with Crippen LogP contribution in [0.5, 0.6) is 11.5 Å². The van der Waals surface area contributed by atoms with Crippen LogP contribution in [0.4, 0.5) is 0 Å². The van der Waals surface area contributed by atoms with Crippen molar-refractivity contribution >= 4 is 5.78 Å². The Morgan fingerprint density at radius 2 is 1.92 bits per heavy atom. The summed E-state index contributed by atoms with van der Waals surface area (Å²) < 4.78 is 12.3. The minimum absolute atomic E-state index is 0.0338. The Morgan fingerprint density at radius 1 is 1.12 bits per heavy atom. The van der Waals surface area contributed by atoms with E-state index < -0.39 is 0 Å². The molecule has 0 amide bonds. The number of benzene rings is 2. The number of rotatable bonds is 6. The van der Waals surface area contributed by atoms with Crippen molar-refractivity contribution in [1.29, 1.82) is 0 Å². The fourth-order valence-corrected chi connectivity index (χ4v) is 4.11. The van der Waals surface area contributed by atoms with Gasteiger partial charge in [-0.1, -0.05) is 31.2 Å². The van der Waals surface area contributed by atoms with Crippen molar-refractivity contribution in [3.63, 3.8) is 0 Å². The maximum absolute atomic E-state index is 13.1. The van der Waals surface area contributed by atoms with Crippen molar-refractivity contribution in [3.05, 3.63) is 47.5 Å². The van der Waals surface area contributed by atoms with E-state index in [1.54, 1.807) is 0 Å². The van der Waals surface area contributed by atoms with E-state index >= 15 is 0 Å². The quantitative estimate of drug-likeness (QED) is 0.727. The molecule has 1 aliphatic heterocycles. The molecule has 1 saturated heterocycles. The summed E-state index contributed by atoms with van der Waals surface area (Å²) in [6, 6.07) is 11.7. The molecule has 2 atom stereocenters. The van der Waals surface area contributed by atoms with Crippen molar-refractivity contribution in [1.82, 2.24) is 5.32 Å². The van der Waals surface area contributed by atoms with Gasteiger partial charge >= 0.3 is 0 Å². The molecule has 2 aromatic carbocycles. The predicted molar refractivity (Wildman–Crippen MR) is 102 cm³/mol. The Morgan fingerprint density at radius 3 is 2.62 bits per heavy atom. The van der Waals surface area contributed by atoms with Gasteiger partial charge < -0.3 is 14.8 Å². The van der Waals surface area contributed by atoms with E-state index in [1.165, 1.54) is 0 Å². The lowest BCUT2D eigenvalue weighted by atomic mass is 9.99. The minimum Gasteiger partial charge on any atom is -0.490 e. The third-order valence-electron chi connectivity index (χ3n) is 5.41. The van der Waals surface area contributed by atoms with Crippen LogP contribution in [-0.4, -0.2) is 31.6 Å². The second kappa shape index (κ2) is 7.12. The fourth-order valence-electron chi connectivity index (χ4n) is 4.11. The van der Waals surface area contributed by atoms with Gasteiger partial charge in [0, 0.05) is 18.0 Å². The van der Waals surface area contributed by atoms with Gasteiger partial charge in [-0.25, -0.2) is 0 Å². The average Bonchev–Trinajstić information content (AvgIpc) is 3.29. The molecular formula is C22H25NO3. The third kappa shape index (κ3) is 2.78. The summed E-state index contributed by atoms with van der Waals surface area (Å²) >= 11 is 0. The van der Waals surface area contributed by atoms with Gasteiger partial charge in [-0.2, -0.15) is 0 Å². The minimum atomic E-state index is 0.0338. The van der Waals surface area contributed by atoms with Crippen LogP contribution in [0.15, 0.2) is 36.4 Å². The highest BCUT2D eigenvalue weighted by molar-refractivity contribution is 6.23. The van der Waals surface area contributed by atoms with E-state index in [9.17, 15) is 4.79 Å². The standard InChI is InChI=1S/C22H25NO3/c1-3-18(14-11-12-23-13-14)26-22-19(25-4-2)10-9-16-15-7-5-6-8-17(15)21(24)20(16)22/h5-10,14,18,23H,3-4,11-13H2,1-2H3. The fraction of sp³-hybridized carbons (Fsp3) is 0.409. The van der Waals surface area contributed by atoms with E-state index in [0.29, 0.717) is 29.6 Å². The van der Waals surface area contributed by atoms with E-state index in [4.69, 9.17) is 9.47 Å². The average molecular weight is 351 g/mol. The Kier molecular flexibility index (Phi) is 4.68. The Balaban J connectivity index is 1.79. The molecule has 1 heterocycles. The third-order valence-corrected chi connectivity index (χ3v) is 5.41. The lowest BCUT2D eigenvalue weighted by molar-refractivity contribution is 0.102. The van der Waals surface area contributed by atoms with Crippen LogP contribution >= 0.6 is 0 Å². The van der Waals surface area contributed by atoms with Crippen molar-refractivity contribution < 1.29 is 14.3 Å². The summed E-state index contributed by atoms with van der Waals surface area (Å²) in [5, 5.41) is 3.41. The zero-order valence-electron chi connectivity index (χ0n) is 15.4. The number of nitrogens with one attached hydrogen (secondary N) is 1. The molecule has 0 spiro atoms. The lowest BCUT2D eigenvalue weighted by Crippen LogP contribution is -2.29. The predicted octanol–water partition coefficient (Wildman–Crippen LogP) is 4.06. The van der Waals surface area contributed by atoms with E-state index in [1.807, 2.05) is 43.3 Å². The highest BCUT2D eigenvalue weighted by Crippen LogP contribution is 2.46. The van der Waals surface area contributed by atoms with E-state index in [-0.39, 0.29) is 11.9 Å². The van der Waals surface area contributed by atoms with Crippen molar-refractivity contribution in [3.8, 4) is 22.6 Å². The van der Waals surface area contributed by atoms with Gasteiger partial charge in [0.2, 0.25) is 0 Å². The first-order chi connectivity index (χ1) is 12.7. The molecule has 2 aliphatic rings. The Bertz CT molecular complexity index is 824. The van der Waals surface area contributed by atoms with Crippen molar-refractivity contribution in [2.45, 2.75) is 32.8 Å². The molecule has 0 aromatic heterocycles. The number of fused-ring (bicyclic) bond motifs is 3. The lowest BCUT2D eigenvalue weighted by Gasteiger charge is -2.25. The first kappa shape index (κ1) is 17.1. The van der Waals surface area contributed by atoms with Crippen LogP contribution in [0.25, 0.3) is 11.1 Å². The van der Waals surface area contributed by atoms with Crippen LogP contribution in [0.1, 0.15) is 42.6 Å². The first-order valence-corrected chi connectivity index (χ1v) is 9.55. The molecule has 1 N–H and O–H groups in total. The zero-order chi connectivity index (χ0) is 18.1. The molecule has 0 bridgehead atoms. The molecule has 4 heteroatoms. The Hall–Kier alpha value is -2.33. The van der Waals surface area contributed by atoms with E-state index in [2.05, 4.69) is 12.2 Å². The monoisotopic (exact) mass is 351 g/mol. The molecule has 4 nitrogen and oxygen atoms in total. The zero-order valence-corrected chi connectivity index (χ0v) is 15.4. The van der Waals surface area contributed by atoms with E-state index in [0.717, 1.165) is 42.6 Å². The maximum Gasteiger partial charge on any atom is 0.198 e. The summed E-state index contributed by atoms with van der Waals surface area (Å²) in [6.45, 7) is 6.62. The number of hydrogen-bond acceptors (Lipinski definition) is 4. The van der Waals surface area contributed by atoms with Gasteiger partial charge in [0.1, 0.15) is 6.10 Å². The van der Waals surface area contributed by atoms with Crippen LogP contribution < -0.4 is 14.8 Å². The largest absolute Gasteiger partial charge is 0.490 e. The summed E-state index contributed by atoms with van der Waals surface area (Å²) in [6.07, 6.45) is 2.08. The van der Waals surface area contributed by atoms with Gasteiger partial charge in [0.25, 0.3) is 0 Å². The second-order valence-electron chi connectivity index (χ2n) is 6.94. The molecule has 4 rings (SSSR count). The van der Waals surface area contributed by atoms with Crippen molar-refractivity contribution in [2.75, 3.05) is 19.7 Å². The second-order valence-corrected chi connectivity index (χ2v) is 6.94. The molecule has 0 radical (unpaired) electrons. The summed E-state index contributed by atoms with van der Waals surface area (Å²) in [4.78, 5) is 13.1. The molecule has 26 heavy (non-hydrogen) atoms. The number of ketones is 1. The molecule has 0 saturated carbocycles. The highest BCUT2D eigenvalue weighted by Gasteiger charge is 2.34. The molecular weight excluding hydrogens is 326 g/mol. The number of carbonyl (C=O) groups is 1. The summed E-state index contributed by atoms with van der Waals surface area (Å²) in [5.74, 6) is 1.77. The normalized spacial score (nSPS) is 19.2. The highest BCUT2D eigenvalue weighted by atomic mass is 16.5. The number of ether oxygens (including phenoxy) is 2. The molecule has 2 unspecified atom stereocenters. The molecule has 136 valence electrons.